The van der Waals surface area contributed by atoms with Crippen molar-refractivity contribution in [3.63, 3.8) is 0 Å². The van der Waals surface area contributed by atoms with Gasteiger partial charge in [-0.1, -0.05) is 12.1 Å². The summed E-state index contributed by atoms with van der Waals surface area (Å²) in [7, 11) is 0. The first-order valence-corrected chi connectivity index (χ1v) is 6.49. The quantitative estimate of drug-likeness (QED) is 0.796. The Morgan fingerprint density at radius 2 is 1.95 bits per heavy atom. The van der Waals surface area contributed by atoms with Crippen molar-refractivity contribution in [2.45, 2.75) is 33.3 Å². The van der Waals surface area contributed by atoms with Crippen LogP contribution in [-0.4, -0.2) is 35.5 Å². The molecule has 0 unspecified atom stereocenters. The van der Waals surface area contributed by atoms with Gasteiger partial charge < -0.3 is 9.64 Å². The fraction of sp³-hybridized carbons (Fsp3) is 0.467. The lowest BCUT2D eigenvalue weighted by Crippen LogP contribution is -2.39. The van der Waals surface area contributed by atoms with E-state index in [1.807, 2.05) is 0 Å². The smallest absolute Gasteiger partial charge is 0.410 e. The molecule has 1 rings (SSSR count). The summed E-state index contributed by atoms with van der Waals surface area (Å²) in [6, 6.07) is 5.41. The van der Waals surface area contributed by atoms with Crippen LogP contribution in [0.4, 0.5) is 9.18 Å². The van der Waals surface area contributed by atoms with E-state index in [4.69, 9.17) is 4.74 Å². The van der Waals surface area contributed by atoms with Crippen LogP contribution in [0.25, 0.3) is 0 Å². The predicted molar refractivity (Wildman–Crippen MR) is 74.2 cm³/mol. The molecule has 0 atom stereocenters. The highest BCUT2D eigenvalue weighted by atomic mass is 19.1. The molecule has 0 radical (unpaired) electrons. The van der Waals surface area contributed by atoms with Crippen LogP contribution < -0.4 is 0 Å². The number of carbonyl (C=O) groups excluding carboxylic acids is 2. The van der Waals surface area contributed by atoms with Gasteiger partial charge >= 0.3 is 6.09 Å². The molecule has 5 heteroatoms. The van der Waals surface area contributed by atoms with E-state index in [1.165, 1.54) is 23.1 Å². The van der Waals surface area contributed by atoms with E-state index in [9.17, 15) is 14.0 Å². The fourth-order valence-corrected chi connectivity index (χ4v) is 1.56. The van der Waals surface area contributed by atoms with Crippen molar-refractivity contribution in [2.75, 3.05) is 13.1 Å². The van der Waals surface area contributed by atoms with Gasteiger partial charge in [0.15, 0.2) is 5.78 Å². The average molecular weight is 281 g/mol. The molecule has 0 aromatic heterocycles. The summed E-state index contributed by atoms with van der Waals surface area (Å²) in [5.41, 5.74) is -0.376. The van der Waals surface area contributed by atoms with E-state index >= 15 is 0 Å². The lowest BCUT2D eigenvalue weighted by molar-refractivity contribution is 0.0257. The number of carbonyl (C=O) groups is 2. The van der Waals surface area contributed by atoms with Crippen LogP contribution in [0.5, 0.6) is 0 Å². The van der Waals surface area contributed by atoms with Gasteiger partial charge in [0.05, 0.1) is 6.54 Å². The summed E-state index contributed by atoms with van der Waals surface area (Å²) in [5.74, 6) is -0.798. The summed E-state index contributed by atoms with van der Waals surface area (Å²) >= 11 is 0. The average Bonchev–Trinajstić information content (AvgIpc) is 2.33. The van der Waals surface area contributed by atoms with E-state index in [0.29, 0.717) is 6.54 Å². The largest absolute Gasteiger partial charge is 0.444 e. The summed E-state index contributed by atoms with van der Waals surface area (Å²) in [6.07, 6.45) is -0.551. The summed E-state index contributed by atoms with van der Waals surface area (Å²) in [4.78, 5) is 25.2. The number of ether oxygens (including phenoxy) is 1. The number of halogens is 1. The third kappa shape index (κ3) is 4.99. The highest BCUT2D eigenvalue weighted by Crippen LogP contribution is 2.11. The van der Waals surface area contributed by atoms with Crippen LogP contribution in [0.15, 0.2) is 24.3 Å². The van der Waals surface area contributed by atoms with Crippen molar-refractivity contribution in [3.8, 4) is 0 Å². The van der Waals surface area contributed by atoms with E-state index < -0.39 is 17.5 Å². The van der Waals surface area contributed by atoms with Crippen molar-refractivity contribution < 1.29 is 18.7 Å². The minimum Gasteiger partial charge on any atom is -0.444 e. The molecule has 20 heavy (non-hydrogen) atoms. The normalized spacial score (nSPS) is 11.1. The van der Waals surface area contributed by atoms with Crippen LogP contribution in [0.3, 0.4) is 0 Å². The van der Waals surface area contributed by atoms with Crippen LogP contribution in [-0.2, 0) is 4.74 Å². The van der Waals surface area contributed by atoms with Crippen molar-refractivity contribution >= 4 is 11.9 Å². The van der Waals surface area contributed by atoms with Gasteiger partial charge in [0, 0.05) is 12.1 Å². The van der Waals surface area contributed by atoms with Gasteiger partial charge in [0.25, 0.3) is 0 Å². The number of Topliss-reactive ketones (excluding diaryl/α,β-unsaturated/α-hetero) is 1. The Bertz CT molecular complexity index is 494. The lowest BCUT2D eigenvalue weighted by atomic mass is 10.1. The second kappa shape index (κ2) is 6.50. The number of benzene rings is 1. The zero-order valence-electron chi connectivity index (χ0n) is 12.3. The number of amides is 1. The van der Waals surface area contributed by atoms with E-state index in [-0.39, 0.29) is 17.9 Å². The number of hydrogen-bond acceptors (Lipinski definition) is 3. The maximum Gasteiger partial charge on any atom is 0.410 e. The van der Waals surface area contributed by atoms with Gasteiger partial charge in [0.1, 0.15) is 11.4 Å². The third-order valence-corrected chi connectivity index (χ3v) is 2.51. The zero-order valence-corrected chi connectivity index (χ0v) is 12.3. The number of likely N-dealkylation sites (N-methyl/N-ethyl adjacent to an activating group) is 1. The summed E-state index contributed by atoms with van der Waals surface area (Å²) < 4.78 is 18.3. The number of rotatable bonds is 4. The van der Waals surface area contributed by atoms with Crippen molar-refractivity contribution in [2.24, 2.45) is 0 Å². The Balaban J connectivity index is 2.73. The standard InChI is InChI=1S/C15H20FNO3/c1-5-17(14(19)20-15(2,3)4)10-13(18)11-7-6-8-12(16)9-11/h6-9H,5,10H2,1-4H3. The topological polar surface area (TPSA) is 46.6 Å². The van der Waals surface area contributed by atoms with E-state index in [0.717, 1.165) is 6.07 Å². The molecule has 1 aromatic rings. The molecular weight excluding hydrogens is 261 g/mol. The first kappa shape index (κ1) is 16.1. The first-order valence-electron chi connectivity index (χ1n) is 6.49. The molecule has 0 N–H and O–H groups in total. The Labute approximate surface area is 118 Å². The molecule has 0 saturated carbocycles. The monoisotopic (exact) mass is 281 g/mol. The summed E-state index contributed by atoms with van der Waals surface area (Å²) in [6.45, 7) is 7.24. The van der Waals surface area contributed by atoms with Crippen molar-refractivity contribution in [1.82, 2.24) is 4.90 Å². The second-order valence-electron chi connectivity index (χ2n) is 5.43. The van der Waals surface area contributed by atoms with Crippen LogP contribution in [0.2, 0.25) is 0 Å². The maximum atomic E-state index is 13.1. The Morgan fingerprint density at radius 3 is 2.45 bits per heavy atom. The Kier molecular flexibility index (Phi) is 5.25. The van der Waals surface area contributed by atoms with Gasteiger partial charge in [-0.2, -0.15) is 0 Å². The molecule has 0 bridgehead atoms. The van der Waals surface area contributed by atoms with Crippen LogP contribution in [0, 0.1) is 5.82 Å². The van der Waals surface area contributed by atoms with Gasteiger partial charge in [-0.25, -0.2) is 9.18 Å². The molecule has 1 amide bonds. The lowest BCUT2D eigenvalue weighted by Gasteiger charge is -2.26. The predicted octanol–water partition coefficient (Wildman–Crippen LogP) is 3.27. The number of hydrogen-bond donors (Lipinski definition) is 0. The van der Waals surface area contributed by atoms with E-state index in [2.05, 4.69) is 0 Å². The molecular formula is C15H20FNO3. The molecule has 0 saturated heterocycles. The minimum atomic E-state index is -0.619. The maximum absolute atomic E-state index is 13.1. The molecule has 0 fully saturated rings. The van der Waals surface area contributed by atoms with Crippen molar-refractivity contribution in [3.05, 3.63) is 35.6 Å². The first-order chi connectivity index (χ1) is 9.23. The van der Waals surface area contributed by atoms with Gasteiger partial charge in [-0.05, 0) is 39.8 Å². The fourth-order valence-electron chi connectivity index (χ4n) is 1.56. The highest BCUT2D eigenvalue weighted by molar-refractivity contribution is 5.98. The highest BCUT2D eigenvalue weighted by Gasteiger charge is 2.23. The molecule has 0 heterocycles. The molecule has 1 aromatic carbocycles. The SMILES string of the molecule is CCN(CC(=O)c1cccc(F)c1)C(=O)OC(C)(C)C. The Morgan fingerprint density at radius 1 is 1.30 bits per heavy atom. The second-order valence-corrected chi connectivity index (χ2v) is 5.43. The van der Waals surface area contributed by atoms with E-state index in [1.54, 1.807) is 27.7 Å². The van der Waals surface area contributed by atoms with Gasteiger partial charge in [-0.15, -0.1) is 0 Å². The Hall–Kier alpha value is -1.91. The molecule has 4 nitrogen and oxygen atoms in total. The third-order valence-electron chi connectivity index (χ3n) is 2.51. The molecule has 0 aliphatic rings. The minimum absolute atomic E-state index is 0.130. The molecule has 110 valence electrons. The molecule has 0 aliphatic heterocycles. The number of nitrogens with zero attached hydrogens (tertiary/aromatic N) is 1. The van der Waals surface area contributed by atoms with Gasteiger partial charge in [0.2, 0.25) is 0 Å². The zero-order chi connectivity index (χ0) is 15.3. The molecule has 0 aliphatic carbocycles. The van der Waals surface area contributed by atoms with Crippen LogP contribution >= 0.6 is 0 Å². The molecule has 0 spiro atoms. The summed E-state index contributed by atoms with van der Waals surface area (Å²) in [5, 5.41) is 0. The number of ketones is 1. The van der Waals surface area contributed by atoms with Crippen LogP contribution in [0.1, 0.15) is 38.1 Å². The van der Waals surface area contributed by atoms with Crippen molar-refractivity contribution in [1.29, 1.82) is 0 Å². The van der Waals surface area contributed by atoms with Gasteiger partial charge in [-0.3, -0.25) is 4.79 Å².